The third-order valence-electron chi connectivity index (χ3n) is 6.92. The molecule has 10 heteroatoms. The maximum atomic E-state index is 13.5. The highest BCUT2D eigenvalue weighted by Gasteiger charge is 2.24. The average molecular weight is 528 g/mol. The van der Waals surface area contributed by atoms with Crippen LogP contribution in [-0.4, -0.2) is 30.2 Å². The van der Waals surface area contributed by atoms with E-state index < -0.39 is 0 Å². The minimum atomic E-state index is -0.377. The molecule has 1 N–H and O–H groups in total. The smallest absolute Gasteiger partial charge is 0.254 e. The van der Waals surface area contributed by atoms with Crippen molar-refractivity contribution in [1.29, 1.82) is 0 Å². The Hall–Kier alpha value is -4.29. The van der Waals surface area contributed by atoms with Crippen LogP contribution in [0.3, 0.4) is 0 Å². The molecule has 2 bridgehead atoms. The van der Waals surface area contributed by atoms with E-state index in [9.17, 15) is 9.59 Å². The first kappa shape index (κ1) is 25.4. The molecule has 1 aliphatic rings. The van der Waals surface area contributed by atoms with Gasteiger partial charge in [-0.15, -0.1) is 0 Å². The van der Waals surface area contributed by atoms with Crippen molar-refractivity contribution in [3.63, 3.8) is 0 Å². The number of benzene rings is 1. The van der Waals surface area contributed by atoms with Crippen molar-refractivity contribution in [2.24, 2.45) is 13.0 Å². The topological polar surface area (TPSA) is 99.1 Å². The summed E-state index contributed by atoms with van der Waals surface area (Å²) in [5.41, 5.74) is 4.62. The Morgan fingerprint density at radius 3 is 2.79 bits per heavy atom. The highest BCUT2D eigenvalue weighted by molar-refractivity contribution is 6.30. The first-order valence-electron chi connectivity index (χ1n) is 12.3. The summed E-state index contributed by atoms with van der Waals surface area (Å²) < 4.78 is 3.31. The quantitative estimate of drug-likeness (QED) is 0.372. The Bertz CT molecular complexity index is 1620. The van der Waals surface area contributed by atoms with Gasteiger partial charge in [0.15, 0.2) is 0 Å². The number of pyridine rings is 1. The lowest BCUT2D eigenvalue weighted by molar-refractivity contribution is -0.119. The van der Waals surface area contributed by atoms with Gasteiger partial charge in [0.1, 0.15) is 0 Å². The van der Waals surface area contributed by atoms with Gasteiger partial charge >= 0.3 is 0 Å². The second-order valence-corrected chi connectivity index (χ2v) is 9.91. The number of halogens is 1. The van der Waals surface area contributed by atoms with Crippen molar-refractivity contribution in [1.82, 2.24) is 24.3 Å². The predicted octanol–water partition coefficient (Wildman–Crippen LogP) is 5.13. The number of carbonyl (C=O) groups excluding carboxylic acids is 1. The summed E-state index contributed by atoms with van der Waals surface area (Å²) >= 11 is 6.21. The number of anilines is 1. The Morgan fingerprint density at radius 2 is 2.00 bits per heavy atom. The molecule has 192 valence electrons. The third-order valence-corrected chi connectivity index (χ3v) is 7.16. The summed E-state index contributed by atoms with van der Waals surface area (Å²) in [6.45, 7) is 9.32. The molecule has 1 amide bonds. The average Bonchev–Trinajstić information content (AvgIpc) is 3.27. The Labute approximate surface area is 225 Å². The molecule has 4 aromatic rings. The normalized spacial score (nSPS) is 17.5. The van der Waals surface area contributed by atoms with Gasteiger partial charge in [-0.3, -0.25) is 23.8 Å². The molecule has 0 unspecified atom stereocenters. The van der Waals surface area contributed by atoms with Gasteiger partial charge in [-0.1, -0.05) is 24.9 Å². The number of hydrogen-bond donors (Lipinski definition) is 1. The second kappa shape index (κ2) is 10.6. The monoisotopic (exact) mass is 527 g/mol. The van der Waals surface area contributed by atoms with Crippen LogP contribution in [-0.2, 0) is 18.4 Å². The molecular formula is C28H26ClN7O2. The Balaban J connectivity index is 1.60. The van der Waals surface area contributed by atoms with Crippen LogP contribution in [0.4, 0.5) is 5.69 Å². The molecule has 3 aromatic heterocycles. The highest BCUT2D eigenvalue weighted by Crippen LogP contribution is 2.32. The van der Waals surface area contributed by atoms with E-state index in [1.807, 2.05) is 26.1 Å². The van der Waals surface area contributed by atoms with Gasteiger partial charge in [0.25, 0.3) is 5.56 Å². The fourth-order valence-electron chi connectivity index (χ4n) is 4.88. The van der Waals surface area contributed by atoms with Gasteiger partial charge in [-0.05, 0) is 43.2 Å². The zero-order chi connectivity index (χ0) is 26.8. The van der Waals surface area contributed by atoms with E-state index in [0.29, 0.717) is 41.2 Å². The van der Waals surface area contributed by atoms with Crippen LogP contribution in [0.1, 0.15) is 43.5 Å². The first-order valence-corrected chi connectivity index (χ1v) is 12.7. The van der Waals surface area contributed by atoms with Crippen molar-refractivity contribution in [3.05, 3.63) is 93.2 Å². The lowest BCUT2D eigenvalue weighted by Crippen LogP contribution is -2.27. The van der Waals surface area contributed by atoms with Gasteiger partial charge in [-0.25, -0.2) is 11.6 Å². The van der Waals surface area contributed by atoms with E-state index in [1.165, 1.54) is 12.4 Å². The van der Waals surface area contributed by atoms with Crippen LogP contribution in [0, 0.1) is 12.5 Å². The maximum absolute atomic E-state index is 13.5. The predicted molar refractivity (Wildman–Crippen MR) is 145 cm³/mol. The van der Waals surface area contributed by atoms with E-state index in [4.69, 9.17) is 18.2 Å². The molecule has 0 radical (unpaired) electrons. The number of nitrogens with one attached hydrogen (secondary N) is 1. The molecular weight excluding hydrogens is 502 g/mol. The highest BCUT2D eigenvalue weighted by atomic mass is 35.5. The van der Waals surface area contributed by atoms with Crippen molar-refractivity contribution < 1.29 is 4.79 Å². The SMILES string of the molecule is [C-]#[N+]Cc1ccc(Cl)cc1-c1cc(=O)n([C@H]2CCC[C@@H](C)C(=O)Nc3cnn(C)c3-c3ccnc2c3)cn1. The van der Waals surface area contributed by atoms with Gasteiger partial charge in [0.05, 0.1) is 41.3 Å². The van der Waals surface area contributed by atoms with Gasteiger partial charge in [0.2, 0.25) is 12.5 Å². The van der Waals surface area contributed by atoms with Crippen LogP contribution in [0.2, 0.25) is 5.02 Å². The third kappa shape index (κ3) is 4.95. The fourth-order valence-corrected chi connectivity index (χ4v) is 5.06. The van der Waals surface area contributed by atoms with E-state index in [0.717, 1.165) is 22.5 Å². The number of aryl methyl sites for hydroxylation is 1. The van der Waals surface area contributed by atoms with Crippen LogP contribution >= 0.6 is 11.6 Å². The Kier molecular flexibility index (Phi) is 7.07. The summed E-state index contributed by atoms with van der Waals surface area (Å²) in [7, 11) is 1.82. The largest absolute Gasteiger partial charge is 0.323 e. The zero-order valence-corrected chi connectivity index (χ0v) is 21.8. The van der Waals surface area contributed by atoms with E-state index in [-0.39, 0.29) is 30.0 Å². The van der Waals surface area contributed by atoms with Crippen LogP contribution in [0.25, 0.3) is 27.4 Å². The van der Waals surface area contributed by atoms with E-state index in [2.05, 4.69) is 25.2 Å². The number of fused-ring (bicyclic) bond motifs is 4. The van der Waals surface area contributed by atoms with Crippen molar-refractivity contribution >= 4 is 23.2 Å². The molecule has 0 saturated carbocycles. The maximum Gasteiger partial charge on any atom is 0.254 e. The first-order chi connectivity index (χ1) is 18.4. The lowest BCUT2D eigenvalue weighted by atomic mass is 9.97. The number of rotatable bonds is 3. The van der Waals surface area contributed by atoms with Crippen LogP contribution in [0.5, 0.6) is 0 Å². The van der Waals surface area contributed by atoms with Crippen LogP contribution < -0.4 is 10.9 Å². The van der Waals surface area contributed by atoms with Gasteiger partial charge in [-0.2, -0.15) is 5.10 Å². The lowest BCUT2D eigenvalue weighted by Gasteiger charge is -2.22. The standard InChI is InChI=1S/C28H26ClN7O2/c1-17-5-4-6-25(23-11-18(9-10-31-23)27-24(34-28(17)38)15-33-35(27)3)36-16-32-22(13-26(36)37)21-12-20(29)8-7-19(21)14-30-2/h7-13,15-17,25H,4-6,14H2,1,3H3,(H,34,38)/t17-,25+/m1/s1. The Morgan fingerprint density at radius 1 is 1.16 bits per heavy atom. The molecule has 38 heavy (non-hydrogen) atoms. The molecule has 0 fully saturated rings. The summed E-state index contributed by atoms with van der Waals surface area (Å²) in [6, 6.07) is 10.2. The summed E-state index contributed by atoms with van der Waals surface area (Å²) in [4.78, 5) is 39.1. The molecule has 0 aliphatic carbocycles. The molecule has 0 spiro atoms. The minimum Gasteiger partial charge on any atom is -0.323 e. The van der Waals surface area contributed by atoms with Crippen molar-refractivity contribution in [2.45, 2.75) is 38.8 Å². The number of amides is 1. The zero-order valence-electron chi connectivity index (χ0n) is 21.1. The molecule has 1 aromatic carbocycles. The molecule has 0 saturated heterocycles. The second-order valence-electron chi connectivity index (χ2n) is 9.47. The van der Waals surface area contributed by atoms with Crippen molar-refractivity contribution in [2.75, 3.05) is 5.32 Å². The van der Waals surface area contributed by atoms with E-state index >= 15 is 0 Å². The van der Waals surface area contributed by atoms with Gasteiger partial charge < -0.3 is 10.2 Å². The van der Waals surface area contributed by atoms with E-state index in [1.54, 1.807) is 39.8 Å². The molecule has 4 heterocycles. The molecule has 5 rings (SSSR count). The summed E-state index contributed by atoms with van der Waals surface area (Å²) in [6.07, 6.45) is 6.86. The van der Waals surface area contributed by atoms with Gasteiger partial charge in [0, 0.05) is 46.9 Å². The molecule has 9 nitrogen and oxygen atoms in total. The fraction of sp³-hybridized carbons (Fsp3) is 0.286. The van der Waals surface area contributed by atoms with Crippen molar-refractivity contribution in [3.8, 4) is 22.5 Å². The van der Waals surface area contributed by atoms with Crippen LogP contribution in [0.15, 0.2) is 59.9 Å². The number of aromatic nitrogens is 5. The minimum absolute atomic E-state index is 0.0643. The number of hydrogen-bond acceptors (Lipinski definition) is 5. The number of nitrogens with zero attached hydrogens (tertiary/aromatic N) is 6. The summed E-state index contributed by atoms with van der Waals surface area (Å²) in [5, 5.41) is 7.87. The molecule has 2 atom stereocenters. The summed E-state index contributed by atoms with van der Waals surface area (Å²) in [5.74, 6) is -0.277. The molecule has 1 aliphatic heterocycles. The number of carbonyl (C=O) groups is 1.